The minimum atomic E-state index is -1.47. The summed E-state index contributed by atoms with van der Waals surface area (Å²) in [6.07, 6.45) is 11.7. The molecule has 2 aromatic carbocycles. The zero-order chi connectivity index (χ0) is 30.8. The van der Waals surface area contributed by atoms with Crippen LogP contribution in [0.3, 0.4) is 0 Å². The van der Waals surface area contributed by atoms with Crippen molar-refractivity contribution in [3.63, 3.8) is 0 Å². The number of benzene rings is 2. The third kappa shape index (κ3) is 23.9. The van der Waals surface area contributed by atoms with Gasteiger partial charge in [-0.15, -0.1) is 0 Å². The molecule has 41 heavy (non-hydrogen) atoms. The quantitative estimate of drug-likeness (QED) is 0.113. The summed E-state index contributed by atoms with van der Waals surface area (Å²) in [5.41, 5.74) is -1.30. The molecule has 0 saturated heterocycles. The molecule has 2 rings (SSSR count). The molecule has 0 aliphatic rings. The Hall–Kier alpha value is -1.34. The molecule has 0 aliphatic heterocycles. The predicted octanol–water partition coefficient (Wildman–Crippen LogP) is 8.76. The Bertz CT molecular complexity index is 862. The first-order valence-corrected chi connectivity index (χ1v) is 21.9. The van der Waals surface area contributed by atoms with E-state index in [0.717, 1.165) is 36.4 Å². The van der Waals surface area contributed by atoms with E-state index in [4.69, 9.17) is 10.2 Å². The van der Waals surface area contributed by atoms with Gasteiger partial charge >= 0.3 is 151 Å². The number of carboxylic acids is 2. The molecular weight excluding hydrogens is 754 g/mol. The van der Waals surface area contributed by atoms with Gasteiger partial charge in [0.05, 0.1) is 11.1 Å². The number of unbranched alkanes of at least 4 members (excludes halogenated alkanes) is 4. The molecule has 0 aromatic heterocycles. The first kappa shape index (κ1) is 44.1. The van der Waals surface area contributed by atoms with E-state index in [-0.39, 0.29) is 47.8 Å². The number of rotatable bonds is 14. The summed E-state index contributed by atoms with van der Waals surface area (Å²) < 4.78 is 56.1. The fraction of sp³-hybridized carbons (Fsp3) is 0.533. The summed E-state index contributed by atoms with van der Waals surface area (Å²) in [5, 5.41) is 16.6. The van der Waals surface area contributed by atoms with Crippen molar-refractivity contribution >= 4 is 54.2 Å². The van der Waals surface area contributed by atoms with E-state index in [0.29, 0.717) is 0 Å². The first-order chi connectivity index (χ1) is 19.1. The summed E-state index contributed by atoms with van der Waals surface area (Å²) in [5.74, 6) is -7.88. The van der Waals surface area contributed by atoms with Gasteiger partial charge in [-0.3, -0.25) is 0 Å². The molecule has 2 aromatic rings. The summed E-state index contributed by atoms with van der Waals surface area (Å²) in [6, 6.07) is 6.01. The van der Waals surface area contributed by atoms with Crippen LogP contribution in [-0.4, -0.2) is 69.9 Å². The first-order valence-electron chi connectivity index (χ1n) is 13.8. The minimum Gasteiger partial charge on any atom is -0.478 e. The Labute approximate surface area is 263 Å². The van der Waals surface area contributed by atoms with E-state index in [1.807, 2.05) is 0 Å². The van der Waals surface area contributed by atoms with Crippen molar-refractivity contribution in [1.29, 1.82) is 0 Å². The maximum Gasteiger partial charge on any atom is 0.338 e. The van der Waals surface area contributed by atoms with Crippen molar-refractivity contribution in [2.45, 2.75) is 96.8 Å². The molecule has 0 amide bonds. The topological polar surface area (TPSA) is 106 Å². The molecule has 0 atom stereocenters. The van der Waals surface area contributed by atoms with Crippen LogP contribution in [0.2, 0.25) is 17.7 Å². The summed E-state index contributed by atoms with van der Waals surface area (Å²) >= 11 is 0.299. The van der Waals surface area contributed by atoms with E-state index < -0.39 is 46.3 Å². The molecule has 4 N–H and O–H groups in total. The van der Waals surface area contributed by atoms with E-state index in [1.165, 1.54) is 51.4 Å². The molecule has 0 spiro atoms. The van der Waals surface area contributed by atoms with Crippen LogP contribution in [0, 0.1) is 23.3 Å². The number of hydrogen-bond donors (Lipinski definition) is 2. The smallest absolute Gasteiger partial charge is 0.338 e. The standard InChI is InChI=1S/2C7H4F2O2.4C4H9.H2O.2Sn/c2*8-5-3-1-2-4(6(5)9)7(10)11;4*1-3-4-2;;;/h2*1-3H,(H,10,11);4*1,3-4H2,2H3;1H2;;. The van der Waals surface area contributed by atoms with Gasteiger partial charge in [0.25, 0.3) is 0 Å². The van der Waals surface area contributed by atoms with E-state index in [2.05, 4.69) is 27.7 Å². The molecule has 232 valence electrons. The van der Waals surface area contributed by atoms with Crippen LogP contribution in [0.25, 0.3) is 0 Å². The van der Waals surface area contributed by atoms with Crippen molar-refractivity contribution in [3.05, 3.63) is 70.8 Å². The van der Waals surface area contributed by atoms with Crippen LogP contribution in [0.4, 0.5) is 17.6 Å². The SMILES string of the molecule is CCC[CH2][Sn][CH2]CCC.CCC[CH2][Sn][CH2]CCC.O.O=C(O)c1cccc(F)c1F.O=C(O)c1cccc(F)c1F. The Balaban J connectivity index is -0.000000469. The normalized spacial score (nSPS) is 9.56. The van der Waals surface area contributed by atoms with Crippen LogP contribution in [0.1, 0.15) is 99.8 Å². The van der Waals surface area contributed by atoms with E-state index >= 15 is 0 Å². The average molecular weight is 800 g/mol. The van der Waals surface area contributed by atoms with Crippen LogP contribution < -0.4 is 0 Å². The van der Waals surface area contributed by atoms with Crippen molar-refractivity contribution in [3.8, 4) is 0 Å². The Morgan fingerprint density at radius 2 is 0.854 bits per heavy atom. The number of aromatic carboxylic acids is 2. The fourth-order valence-electron chi connectivity index (χ4n) is 2.80. The molecule has 0 saturated carbocycles. The Kier molecular flexibility index (Phi) is 32.4. The van der Waals surface area contributed by atoms with Crippen LogP contribution in [-0.2, 0) is 0 Å². The molecule has 5 nitrogen and oxygen atoms in total. The van der Waals surface area contributed by atoms with E-state index in [1.54, 1.807) is 17.7 Å². The molecule has 11 heteroatoms. The van der Waals surface area contributed by atoms with Gasteiger partial charge in [0.2, 0.25) is 0 Å². The zero-order valence-corrected chi connectivity index (χ0v) is 30.4. The largest absolute Gasteiger partial charge is 0.478 e. The van der Waals surface area contributed by atoms with Crippen molar-refractivity contribution in [2.24, 2.45) is 0 Å². The molecule has 4 radical (unpaired) electrons. The Morgan fingerprint density at radius 3 is 1.05 bits per heavy atom. The van der Waals surface area contributed by atoms with Gasteiger partial charge in [-0.2, -0.15) is 0 Å². The fourth-order valence-corrected chi connectivity index (χ4v) is 11.1. The van der Waals surface area contributed by atoms with Gasteiger partial charge < -0.3 is 15.7 Å². The predicted molar refractivity (Wildman–Crippen MR) is 161 cm³/mol. The second-order valence-corrected chi connectivity index (χ2v) is 17.3. The summed E-state index contributed by atoms with van der Waals surface area (Å²) in [4.78, 5) is 20.3. The minimum absolute atomic E-state index is 0. The monoisotopic (exact) mass is 802 g/mol. The number of carbonyl (C=O) groups is 2. The summed E-state index contributed by atoms with van der Waals surface area (Å²) in [6.45, 7) is 9.16. The maximum absolute atomic E-state index is 12.5. The van der Waals surface area contributed by atoms with Crippen LogP contribution >= 0.6 is 0 Å². The third-order valence-electron chi connectivity index (χ3n) is 5.19. The van der Waals surface area contributed by atoms with Crippen molar-refractivity contribution in [2.75, 3.05) is 0 Å². The molecular formula is C30H46F4O5Sn2. The van der Waals surface area contributed by atoms with E-state index in [9.17, 15) is 27.2 Å². The maximum atomic E-state index is 12.5. The Morgan fingerprint density at radius 1 is 0.585 bits per heavy atom. The number of carboxylic acid groups (broad SMARTS) is 2. The number of halogens is 4. The van der Waals surface area contributed by atoms with Gasteiger partial charge in [0.1, 0.15) is 0 Å². The average Bonchev–Trinajstić information content (AvgIpc) is 2.92. The van der Waals surface area contributed by atoms with Gasteiger partial charge in [-0.05, 0) is 24.3 Å². The zero-order valence-electron chi connectivity index (χ0n) is 24.7. The van der Waals surface area contributed by atoms with Gasteiger partial charge in [0, 0.05) is 0 Å². The van der Waals surface area contributed by atoms with Gasteiger partial charge in [0.15, 0.2) is 23.3 Å². The number of hydrogen-bond acceptors (Lipinski definition) is 2. The van der Waals surface area contributed by atoms with Gasteiger partial charge in [-0.25, -0.2) is 27.2 Å². The molecule has 0 aliphatic carbocycles. The molecule has 0 unspecified atom stereocenters. The third-order valence-corrected chi connectivity index (χ3v) is 13.3. The van der Waals surface area contributed by atoms with Crippen molar-refractivity contribution < 1.29 is 42.8 Å². The molecule has 0 fully saturated rings. The van der Waals surface area contributed by atoms with Crippen LogP contribution in [0.15, 0.2) is 36.4 Å². The van der Waals surface area contributed by atoms with Crippen LogP contribution in [0.5, 0.6) is 0 Å². The summed E-state index contributed by atoms with van der Waals surface area (Å²) in [7, 11) is 0. The second-order valence-electron chi connectivity index (χ2n) is 8.73. The molecule has 0 bridgehead atoms. The van der Waals surface area contributed by atoms with Gasteiger partial charge in [-0.1, -0.05) is 12.1 Å². The second kappa shape index (κ2) is 30.1. The van der Waals surface area contributed by atoms with Crippen molar-refractivity contribution in [1.82, 2.24) is 0 Å². The molecule has 0 heterocycles.